The summed E-state index contributed by atoms with van der Waals surface area (Å²) in [6.07, 6.45) is 0.658. The van der Waals surface area contributed by atoms with Gasteiger partial charge >= 0.3 is 0 Å². The van der Waals surface area contributed by atoms with E-state index in [1.54, 1.807) is 0 Å². The van der Waals surface area contributed by atoms with Crippen LogP contribution in [0.1, 0.15) is 12.3 Å². The molecule has 1 aliphatic heterocycles. The SMILES string of the molecule is CN(Cc1nc(-c2cccc(Br)c2)no1)C1CCS(=O)(=O)C1. The quantitative estimate of drug-likeness (QED) is 0.801. The molecule has 1 aliphatic rings. The minimum absolute atomic E-state index is 0.0196. The van der Waals surface area contributed by atoms with Crippen LogP contribution in [0.5, 0.6) is 0 Å². The van der Waals surface area contributed by atoms with Crippen LogP contribution in [0.4, 0.5) is 0 Å². The summed E-state index contributed by atoms with van der Waals surface area (Å²) in [4.78, 5) is 6.34. The van der Waals surface area contributed by atoms with Gasteiger partial charge in [-0.25, -0.2) is 8.42 Å². The summed E-state index contributed by atoms with van der Waals surface area (Å²) >= 11 is 3.41. The molecule has 8 heteroatoms. The lowest BCUT2D eigenvalue weighted by Gasteiger charge is -2.20. The van der Waals surface area contributed by atoms with Crippen molar-refractivity contribution in [3.8, 4) is 11.4 Å². The topological polar surface area (TPSA) is 76.3 Å². The second kappa shape index (κ2) is 6.10. The molecule has 118 valence electrons. The highest BCUT2D eigenvalue weighted by molar-refractivity contribution is 9.10. The molecule has 0 spiro atoms. The largest absolute Gasteiger partial charge is 0.338 e. The highest BCUT2D eigenvalue weighted by Gasteiger charge is 2.31. The van der Waals surface area contributed by atoms with Crippen LogP contribution in [-0.4, -0.2) is 48.1 Å². The van der Waals surface area contributed by atoms with Gasteiger partial charge in [0.05, 0.1) is 18.1 Å². The predicted octanol–water partition coefficient (Wildman–Crippen LogP) is 2.12. The van der Waals surface area contributed by atoms with Crippen molar-refractivity contribution in [2.24, 2.45) is 0 Å². The van der Waals surface area contributed by atoms with Gasteiger partial charge in [-0.1, -0.05) is 33.2 Å². The molecule has 0 N–H and O–H groups in total. The van der Waals surface area contributed by atoms with Crippen molar-refractivity contribution in [1.29, 1.82) is 0 Å². The molecule has 3 rings (SSSR count). The molecule has 2 aromatic rings. The van der Waals surface area contributed by atoms with E-state index in [0.717, 1.165) is 10.0 Å². The smallest absolute Gasteiger partial charge is 0.241 e. The summed E-state index contributed by atoms with van der Waals surface area (Å²) in [5.74, 6) is 1.48. The predicted molar refractivity (Wildman–Crippen MR) is 86.0 cm³/mol. The first-order chi connectivity index (χ1) is 10.4. The average Bonchev–Trinajstić information content (AvgIpc) is 3.05. The van der Waals surface area contributed by atoms with E-state index in [-0.39, 0.29) is 17.5 Å². The molecule has 1 aromatic heterocycles. The highest BCUT2D eigenvalue weighted by Crippen LogP contribution is 2.22. The number of nitrogens with zero attached hydrogens (tertiary/aromatic N) is 3. The van der Waals surface area contributed by atoms with E-state index < -0.39 is 9.84 Å². The maximum atomic E-state index is 11.5. The number of rotatable bonds is 4. The molecule has 1 unspecified atom stereocenters. The van der Waals surface area contributed by atoms with Crippen LogP contribution in [-0.2, 0) is 16.4 Å². The fourth-order valence-electron chi connectivity index (χ4n) is 2.53. The van der Waals surface area contributed by atoms with Crippen LogP contribution in [0, 0.1) is 0 Å². The summed E-state index contributed by atoms with van der Waals surface area (Å²) in [6, 6.07) is 7.68. The Morgan fingerprint density at radius 3 is 2.95 bits per heavy atom. The maximum absolute atomic E-state index is 11.5. The molecule has 0 aliphatic carbocycles. The maximum Gasteiger partial charge on any atom is 0.241 e. The van der Waals surface area contributed by atoms with Gasteiger partial charge in [-0.3, -0.25) is 4.90 Å². The number of halogens is 1. The fraction of sp³-hybridized carbons (Fsp3) is 0.429. The minimum atomic E-state index is -2.89. The van der Waals surface area contributed by atoms with Gasteiger partial charge in [-0.05, 0) is 25.6 Å². The zero-order valence-corrected chi connectivity index (χ0v) is 14.5. The van der Waals surface area contributed by atoms with E-state index in [0.29, 0.717) is 24.7 Å². The third kappa shape index (κ3) is 3.56. The lowest BCUT2D eigenvalue weighted by molar-refractivity contribution is 0.218. The Kier molecular flexibility index (Phi) is 4.33. The van der Waals surface area contributed by atoms with Crippen molar-refractivity contribution in [2.75, 3.05) is 18.6 Å². The van der Waals surface area contributed by atoms with Crippen LogP contribution in [0.2, 0.25) is 0 Å². The third-order valence-electron chi connectivity index (χ3n) is 3.77. The molecular weight excluding hydrogens is 370 g/mol. The lowest BCUT2D eigenvalue weighted by atomic mass is 10.2. The molecule has 1 fully saturated rings. The van der Waals surface area contributed by atoms with Crippen LogP contribution in [0.15, 0.2) is 33.3 Å². The van der Waals surface area contributed by atoms with E-state index in [1.165, 1.54) is 0 Å². The minimum Gasteiger partial charge on any atom is -0.338 e. The van der Waals surface area contributed by atoms with Crippen LogP contribution >= 0.6 is 15.9 Å². The van der Waals surface area contributed by atoms with Gasteiger partial charge in [-0.15, -0.1) is 0 Å². The zero-order valence-electron chi connectivity index (χ0n) is 12.1. The first-order valence-corrected chi connectivity index (χ1v) is 9.53. The molecule has 1 atom stereocenters. The number of benzene rings is 1. The average molecular weight is 386 g/mol. The van der Waals surface area contributed by atoms with E-state index in [2.05, 4.69) is 26.1 Å². The van der Waals surface area contributed by atoms with Crippen molar-refractivity contribution in [3.05, 3.63) is 34.6 Å². The van der Waals surface area contributed by atoms with Gasteiger partial charge in [0.2, 0.25) is 11.7 Å². The van der Waals surface area contributed by atoms with E-state index in [4.69, 9.17) is 4.52 Å². The molecular formula is C14H16BrN3O3S. The summed E-state index contributed by atoms with van der Waals surface area (Å²) in [5, 5.41) is 3.98. The van der Waals surface area contributed by atoms with Gasteiger partial charge in [0.15, 0.2) is 9.84 Å². The van der Waals surface area contributed by atoms with E-state index >= 15 is 0 Å². The monoisotopic (exact) mass is 385 g/mol. The standard InChI is InChI=1S/C14H16BrN3O3S/c1-18(12-5-6-22(19,20)9-12)8-13-16-14(17-21-13)10-3-2-4-11(15)7-10/h2-4,7,12H,5-6,8-9H2,1H3. The molecule has 1 saturated heterocycles. The molecule has 0 radical (unpaired) electrons. The summed E-state index contributed by atoms with van der Waals surface area (Å²) in [5.41, 5.74) is 0.871. The number of aromatic nitrogens is 2. The third-order valence-corrected chi connectivity index (χ3v) is 6.01. The Morgan fingerprint density at radius 1 is 1.45 bits per heavy atom. The van der Waals surface area contributed by atoms with Crippen molar-refractivity contribution in [2.45, 2.75) is 19.0 Å². The fourth-order valence-corrected chi connectivity index (χ4v) is 4.73. The number of hydrogen-bond acceptors (Lipinski definition) is 6. The van der Waals surface area contributed by atoms with Gasteiger partial charge in [0.1, 0.15) is 0 Å². The lowest BCUT2D eigenvalue weighted by Crippen LogP contribution is -2.32. The summed E-state index contributed by atoms with van der Waals surface area (Å²) < 4.78 is 29.3. The first kappa shape index (κ1) is 15.6. The highest BCUT2D eigenvalue weighted by atomic mass is 79.9. The molecule has 1 aromatic carbocycles. The van der Waals surface area contributed by atoms with Crippen LogP contribution in [0.25, 0.3) is 11.4 Å². The Labute approximate surface area is 137 Å². The summed E-state index contributed by atoms with van der Waals surface area (Å²) in [7, 11) is -1.01. The second-order valence-corrected chi connectivity index (χ2v) is 8.64. The van der Waals surface area contributed by atoms with Crippen LogP contribution in [0.3, 0.4) is 0 Å². The Hall–Kier alpha value is -1.25. The normalized spacial score (nSPS) is 20.6. The van der Waals surface area contributed by atoms with Crippen molar-refractivity contribution in [1.82, 2.24) is 15.0 Å². The van der Waals surface area contributed by atoms with Gasteiger partial charge in [0.25, 0.3) is 0 Å². The molecule has 0 bridgehead atoms. The molecule has 0 amide bonds. The summed E-state index contributed by atoms with van der Waals surface area (Å²) in [6.45, 7) is 0.446. The van der Waals surface area contributed by atoms with Crippen molar-refractivity contribution >= 4 is 25.8 Å². The number of hydrogen-bond donors (Lipinski definition) is 0. The van der Waals surface area contributed by atoms with Crippen molar-refractivity contribution in [3.63, 3.8) is 0 Å². The van der Waals surface area contributed by atoms with Gasteiger partial charge in [-0.2, -0.15) is 4.98 Å². The van der Waals surface area contributed by atoms with E-state index in [1.807, 2.05) is 36.2 Å². The van der Waals surface area contributed by atoms with Crippen molar-refractivity contribution < 1.29 is 12.9 Å². The Morgan fingerprint density at radius 2 is 2.27 bits per heavy atom. The molecule has 22 heavy (non-hydrogen) atoms. The van der Waals surface area contributed by atoms with Gasteiger partial charge in [0, 0.05) is 16.1 Å². The second-order valence-electron chi connectivity index (χ2n) is 5.49. The Bertz CT molecular complexity index is 775. The zero-order chi connectivity index (χ0) is 15.7. The Balaban J connectivity index is 1.69. The molecule has 2 heterocycles. The molecule has 0 saturated carbocycles. The molecule has 6 nitrogen and oxygen atoms in total. The number of sulfone groups is 1. The van der Waals surface area contributed by atoms with Gasteiger partial charge < -0.3 is 4.52 Å². The van der Waals surface area contributed by atoms with Crippen LogP contribution < -0.4 is 0 Å². The first-order valence-electron chi connectivity index (χ1n) is 6.92. The van der Waals surface area contributed by atoms with E-state index in [9.17, 15) is 8.42 Å².